The molecule has 1 aliphatic rings. The number of aryl methyl sites for hydroxylation is 1. The summed E-state index contributed by atoms with van der Waals surface area (Å²) in [5.41, 5.74) is 4.70. The Balaban J connectivity index is 1.71. The molecule has 0 atom stereocenters. The molecule has 1 saturated heterocycles. The van der Waals surface area contributed by atoms with E-state index in [1.54, 1.807) is 0 Å². The first-order valence-electron chi connectivity index (χ1n) is 7.53. The first-order chi connectivity index (χ1) is 10.3. The number of anilines is 2. The molecule has 0 amide bonds. The van der Waals surface area contributed by atoms with Gasteiger partial charge in [0.15, 0.2) is 0 Å². The second-order valence-corrected chi connectivity index (χ2v) is 5.60. The molecule has 0 aliphatic carbocycles. The van der Waals surface area contributed by atoms with Crippen molar-refractivity contribution in [1.82, 2.24) is 0 Å². The molecule has 1 aliphatic heterocycles. The zero-order valence-electron chi connectivity index (χ0n) is 12.5. The van der Waals surface area contributed by atoms with Crippen LogP contribution in [0, 0.1) is 6.92 Å². The van der Waals surface area contributed by atoms with E-state index in [0.717, 1.165) is 31.7 Å². The normalized spacial score (nSPS) is 15.3. The Morgan fingerprint density at radius 2 is 1.57 bits per heavy atom. The second kappa shape index (κ2) is 6.19. The maximum absolute atomic E-state index is 9.57. The van der Waals surface area contributed by atoms with E-state index in [2.05, 4.69) is 65.3 Å². The fraction of sp³-hybridized carbons (Fsp3) is 0.333. The summed E-state index contributed by atoms with van der Waals surface area (Å²) < 4.78 is 0. The van der Waals surface area contributed by atoms with Crippen molar-refractivity contribution in [2.75, 3.05) is 36.0 Å². The quantitative estimate of drug-likeness (QED) is 0.938. The number of para-hydroxylation sites is 1. The number of hydrogen-bond acceptors (Lipinski definition) is 3. The Hall–Kier alpha value is -2.00. The van der Waals surface area contributed by atoms with Crippen molar-refractivity contribution in [3.8, 4) is 0 Å². The molecule has 0 bridgehead atoms. The molecule has 1 N–H and O–H groups in total. The number of aliphatic hydroxyl groups is 1. The van der Waals surface area contributed by atoms with Crippen molar-refractivity contribution in [3.63, 3.8) is 0 Å². The zero-order valence-corrected chi connectivity index (χ0v) is 12.5. The van der Waals surface area contributed by atoms with Gasteiger partial charge in [0, 0.05) is 43.1 Å². The van der Waals surface area contributed by atoms with Crippen LogP contribution in [0.2, 0.25) is 0 Å². The van der Waals surface area contributed by atoms with Crippen LogP contribution < -0.4 is 9.80 Å². The van der Waals surface area contributed by atoms with Crippen LogP contribution in [0.25, 0.3) is 0 Å². The number of hydrogen-bond donors (Lipinski definition) is 1. The maximum atomic E-state index is 9.57. The van der Waals surface area contributed by atoms with Gasteiger partial charge in [-0.1, -0.05) is 35.9 Å². The summed E-state index contributed by atoms with van der Waals surface area (Å²) in [4.78, 5) is 4.80. The molecule has 0 aromatic heterocycles. The second-order valence-electron chi connectivity index (χ2n) is 5.60. The van der Waals surface area contributed by atoms with Gasteiger partial charge in [0.05, 0.1) is 6.61 Å². The predicted molar refractivity (Wildman–Crippen MR) is 88.0 cm³/mol. The first-order valence-corrected chi connectivity index (χ1v) is 7.53. The van der Waals surface area contributed by atoms with Crippen molar-refractivity contribution in [2.24, 2.45) is 0 Å². The van der Waals surface area contributed by atoms with Gasteiger partial charge in [-0.3, -0.25) is 0 Å². The molecular weight excluding hydrogens is 260 g/mol. The minimum atomic E-state index is 0.107. The van der Waals surface area contributed by atoms with E-state index in [-0.39, 0.29) is 6.61 Å². The standard InChI is InChI=1S/C18H22N2O/c1-15-7-8-18(16(13-15)14-21)20-11-9-19(10-12-20)17-5-3-2-4-6-17/h2-8,13,21H,9-12,14H2,1H3. The molecule has 110 valence electrons. The van der Waals surface area contributed by atoms with Gasteiger partial charge in [0.25, 0.3) is 0 Å². The zero-order chi connectivity index (χ0) is 14.7. The van der Waals surface area contributed by atoms with Gasteiger partial charge in [-0.05, 0) is 25.1 Å². The van der Waals surface area contributed by atoms with E-state index in [1.807, 2.05) is 0 Å². The van der Waals surface area contributed by atoms with E-state index in [1.165, 1.54) is 16.9 Å². The third-order valence-corrected chi connectivity index (χ3v) is 4.15. The van der Waals surface area contributed by atoms with Gasteiger partial charge in [0.2, 0.25) is 0 Å². The van der Waals surface area contributed by atoms with Gasteiger partial charge in [-0.25, -0.2) is 0 Å². The molecule has 0 radical (unpaired) electrons. The van der Waals surface area contributed by atoms with E-state index in [4.69, 9.17) is 0 Å². The molecule has 3 heteroatoms. The highest BCUT2D eigenvalue weighted by molar-refractivity contribution is 5.57. The van der Waals surface area contributed by atoms with Gasteiger partial charge in [-0.2, -0.15) is 0 Å². The maximum Gasteiger partial charge on any atom is 0.0702 e. The van der Waals surface area contributed by atoms with Crippen molar-refractivity contribution in [2.45, 2.75) is 13.5 Å². The number of piperazine rings is 1. The van der Waals surface area contributed by atoms with Crippen molar-refractivity contribution in [1.29, 1.82) is 0 Å². The molecule has 2 aromatic carbocycles. The molecule has 1 fully saturated rings. The third-order valence-electron chi connectivity index (χ3n) is 4.15. The Bertz CT molecular complexity index is 589. The van der Waals surface area contributed by atoms with Crippen LogP contribution in [-0.2, 0) is 6.61 Å². The Morgan fingerprint density at radius 3 is 2.24 bits per heavy atom. The molecular formula is C18H22N2O. The van der Waals surface area contributed by atoms with E-state index < -0.39 is 0 Å². The van der Waals surface area contributed by atoms with Crippen LogP contribution in [0.3, 0.4) is 0 Å². The van der Waals surface area contributed by atoms with Crippen LogP contribution in [0.1, 0.15) is 11.1 Å². The molecule has 0 spiro atoms. The third kappa shape index (κ3) is 3.03. The lowest BCUT2D eigenvalue weighted by Gasteiger charge is -2.38. The number of aliphatic hydroxyl groups excluding tert-OH is 1. The van der Waals surface area contributed by atoms with Gasteiger partial charge in [0.1, 0.15) is 0 Å². The van der Waals surface area contributed by atoms with Crippen LogP contribution in [0.15, 0.2) is 48.5 Å². The largest absolute Gasteiger partial charge is 0.392 e. The average Bonchev–Trinajstić information content (AvgIpc) is 2.56. The summed E-state index contributed by atoms with van der Waals surface area (Å²) >= 11 is 0. The van der Waals surface area contributed by atoms with Crippen LogP contribution in [0.5, 0.6) is 0 Å². The van der Waals surface area contributed by atoms with E-state index in [0.29, 0.717) is 0 Å². The Morgan fingerprint density at radius 1 is 0.905 bits per heavy atom. The molecule has 21 heavy (non-hydrogen) atoms. The fourth-order valence-electron chi connectivity index (χ4n) is 2.99. The smallest absolute Gasteiger partial charge is 0.0702 e. The average molecular weight is 282 g/mol. The number of rotatable bonds is 3. The van der Waals surface area contributed by atoms with Crippen LogP contribution >= 0.6 is 0 Å². The lowest BCUT2D eigenvalue weighted by atomic mass is 10.1. The van der Waals surface area contributed by atoms with Crippen molar-refractivity contribution in [3.05, 3.63) is 59.7 Å². The highest BCUT2D eigenvalue weighted by atomic mass is 16.3. The van der Waals surface area contributed by atoms with E-state index >= 15 is 0 Å². The first kappa shape index (κ1) is 14.0. The summed E-state index contributed by atoms with van der Waals surface area (Å²) in [5, 5.41) is 9.57. The fourth-order valence-corrected chi connectivity index (χ4v) is 2.99. The molecule has 3 rings (SSSR count). The highest BCUT2D eigenvalue weighted by Crippen LogP contribution is 2.25. The molecule has 2 aromatic rings. The molecule has 1 heterocycles. The SMILES string of the molecule is Cc1ccc(N2CCN(c3ccccc3)CC2)c(CO)c1. The summed E-state index contributed by atoms with van der Waals surface area (Å²) in [6.07, 6.45) is 0. The van der Waals surface area contributed by atoms with Gasteiger partial charge < -0.3 is 14.9 Å². The lowest BCUT2D eigenvalue weighted by Crippen LogP contribution is -2.46. The minimum absolute atomic E-state index is 0.107. The highest BCUT2D eigenvalue weighted by Gasteiger charge is 2.19. The van der Waals surface area contributed by atoms with Crippen LogP contribution in [-0.4, -0.2) is 31.3 Å². The monoisotopic (exact) mass is 282 g/mol. The summed E-state index contributed by atoms with van der Waals surface area (Å²) in [5.74, 6) is 0. The number of nitrogens with zero attached hydrogens (tertiary/aromatic N) is 2. The lowest BCUT2D eigenvalue weighted by molar-refractivity contribution is 0.282. The van der Waals surface area contributed by atoms with Crippen molar-refractivity contribution >= 4 is 11.4 Å². The predicted octanol–water partition coefficient (Wildman–Crippen LogP) is 2.81. The Kier molecular flexibility index (Phi) is 4.11. The minimum Gasteiger partial charge on any atom is -0.392 e. The summed E-state index contributed by atoms with van der Waals surface area (Å²) in [6.45, 7) is 6.19. The molecule has 0 unspecified atom stereocenters. The molecule has 3 nitrogen and oxygen atoms in total. The molecule has 0 saturated carbocycles. The van der Waals surface area contributed by atoms with Crippen molar-refractivity contribution < 1.29 is 5.11 Å². The van der Waals surface area contributed by atoms with Gasteiger partial charge in [-0.15, -0.1) is 0 Å². The Labute approximate surface area is 126 Å². The van der Waals surface area contributed by atoms with Crippen LogP contribution in [0.4, 0.5) is 11.4 Å². The topological polar surface area (TPSA) is 26.7 Å². The number of benzene rings is 2. The summed E-state index contributed by atoms with van der Waals surface area (Å²) in [7, 11) is 0. The summed E-state index contributed by atoms with van der Waals surface area (Å²) in [6, 6.07) is 16.9. The van der Waals surface area contributed by atoms with Gasteiger partial charge >= 0.3 is 0 Å². The van der Waals surface area contributed by atoms with E-state index in [9.17, 15) is 5.11 Å².